The summed E-state index contributed by atoms with van der Waals surface area (Å²) in [7, 11) is 0. The fourth-order valence-corrected chi connectivity index (χ4v) is 3.39. The predicted molar refractivity (Wildman–Crippen MR) is 106 cm³/mol. The van der Waals surface area contributed by atoms with Gasteiger partial charge in [-0.2, -0.15) is 0 Å². The van der Waals surface area contributed by atoms with E-state index in [1.165, 1.54) is 43.1 Å². The van der Waals surface area contributed by atoms with E-state index < -0.39 is 0 Å². The average molecular weight is 308 g/mol. The molecule has 0 atom stereocenters. The molecule has 0 bridgehead atoms. The minimum atomic E-state index is 0. The molecule has 1 heteroatoms. The summed E-state index contributed by atoms with van der Waals surface area (Å²) < 4.78 is 0. The van der Waals surface area contributed by atoms with Crippen molar-refractivity contribution in [2.75, 3.05) is 0 Å². The van der Waals surface area contributed by atoms with Crippen molar-refractivity contribution in [3.8, 4) is 0 Å². The smallest absolute Gasteiger partial charge is 0.0616 e. The van der Waals surface area contributed by atoms with Crippen LogP contribution in [0.25, 0.3) is 43.1 Å². The van der Waals surface area contributed by atoms with E-state index in [0.717, 1.165) is 0 Å². The summed E-state index contributed by atoms with van der Waals surface area (Å²) in [6, 6.07) is 30.9. The Morgan fingerprint density at radius 3 is 0.783 bits per heavy atom. The van der Waals surface area contributed by atoms with E-state index in [-0.39, 0.29) is 17.4 Å². The highest BCUT2D eigenvalue weighted by Gasteiger charge is 2.02. The molecule has 0 aliphatic carbocycles. The molecule has 0 nitrogen and oxygen atoms in total. The average Bonchev–Trinajstić information content (AvgIpc) is 2.56. The fourth-order valence-electron chi connectivity index (χ4n) is 3.39. The molecule has 0 aliphatic heterocycles. The quantitative estimate of drug-likeness (QED) is 0.275. The largest absolute Gasteiger partial charge is 0.187 e. The van der Waals surface area contributed by atoms with E-state index in [9.17, 15) is 0 Å². The van der Waals surface area contributed by atoms with Crippen molar-refractivity contribution in [1.82, 2.24) is 0 Å². The second kappa shape index (κ2) is 5.39. The Hall–Kier alpha value is -2.33. The van der Waals surface area contributed by atoms with Gasteiger partial charge in [0.25, 0.3) is 0 Å². The third-order valence-electron chi connectivity index (χ3n) is 4.52. The molecule has 0 aromatic heterocycles. The van der Waals surface area contributed by atoms with Gasteiger partial charge in [0.2, 0.25) is 0 Å². The summed E-state index contributed by atoms with van der Waals surface area (Å²) in [5.74, 6) is 0. The first-order valence-electron chi connectivity index (χ1n) is 7.62. The standard InChI is InChI=1S/C22H14.Al.3H/c1-2-6-16-10-20-14-22-12-18-8-4-3-7-17(18)11-21(22)13-19(20)9-15(16)5-1;;;;/h1-14H;;;;. The van der Waals surface area contributed by atoms with Gasteiger partial charge in [0.05, 0.1) is 0 Å². The highest BCUT2D eigenvalue weighted by molar-refractivity contribution is 6.08. The minimum Gasteiger partial charge on any atom is -0.0616 e. The molecule has 0 radical (unpaired) electrons. The van der Waals surface area contributed by atoms with Gasteiger partial charge in [-0.05, 0) is 79.5 Å². The normalized spacial score (nSPS) is 11.1. The zero-order chi connectivity index (χ0) is 14.5. The number of rotatable bonds is 0. The van der Waals surface area contributed by atoms with Crippen molar-refractivity contribution in [3.05, 3.63) is 84.9 Å². The molecular formula is C22H17Al. The van der Waals surface area contributed by atoms with E-state index in [0.29, 0.717) is 0 Å². The summed E-state index contributed by atoms with van der Waals surface area (Å²) in [6.45, 7) is 0. The minimum absolute atomic E-state index is 0. The van der Waals surface area contributed by atoms with Crippen LogP contribution in [0.2, 0.25) is 0 Å². The SMILES string of the molecule is [AlH3].c1ccc2cc3cc4cc5ccccc5cc4cc3cc2c1. The highest BCUT2D eigenvalue weighted by atomic mass is 27.0. The summed E-state index contributed by atoms with van der Waals surface area (Å²) in [4.78, 5) is 0. The lowest BCUT2D eigenvalue weighted by atomic mass is 9.97. The van der Waals surface area contributed by atoms with Crippen LogP contribution in [0, 0.1) is 0 Å². The van der Waals surface area contributed by atoms with Gasteiger partial charge in [-0.15, -0.1) is 0 Å². The van der Waals surface area contributed by atoms with Gasteiger partial charge in [-0.1, -0.05) is 48.5 Å². The van der Waals surface area contributed by atoms with Crippen molar-refractivity contribution in [3.63, 3.8) is 0 Å². The number of fused-ring (bicyclic) bond motifs is 4. The molecule has 5 rings (SSSR count). The van der Waals surface area contributed by atoms with Crippen LogP contribution in [-0.2, 0) is 0 Å². The molecule has 0 fully saturated rings. The Morgan fingerprint density at radius 1 is 0.304 bits per heavy atom. The van der Waals surface area contributed by atoms with Gasteiger partial charge in [0, 0.05) is 0 Å². The molecule has 0 N–H and O–H groups in total. The highest BCUT2D eigenvalue weighted by Crippen LogP contribution is 2.29. The first-order valence-corrected chi connectivity index (χ1v) is 7.62. The van der Waals surface area contributed by atoms with Crippen molar-refractivity contribution < 1.29 is 0 Å². The lowest BCUT2D eigenvalue weighted by molar-refractivity contribution is 1.78. The molecule has 0 aliphatic rings. The van der Waals surface area contributed by atoms with Crippen LogP contribution >= 0.6 is 0 Å². The van der Waals surface area contributed by atoms with Crippen molar-refractivity contribution in [2.24, 2.45) is 0 Å². The zero-order valence-corrected chi connectivity index (χ0v) is 12.1. The van der Waals surface area contributed by atoms with Gasteiger partial charge in [0.15, 0.2) is 17.4 Å². The third-order valence-corrected chi connectivity index (χ3v) is 4.52. The maximum atomic E-state index is 2.31. The van der Waals surface area contributed by atoms with Crippen molar-refractivity contribution in [1.29, 1.82) is 0 Å². The van der Waals surface area contributed by atoms with E-state index >= 15 is 0 Å². The maximum Gasteiger partial charge on any atom is 0.187 e. The van der Waals surface area contributed by atoms with Crippen LogP contribution < -0.4 is 0 Å². The van der Waals surface area contributed by atoms with E-state index in [1.807, 2.05) is 0 Å². The first kappa shape index (κ1) is 14.3. The second-order valence-corrected chi connectivity index (χ2v) is 5.95. The molecule has 0 amide bonds. The summed E-state index contributed by atoms with van der Waals surface area (Å²) in [5, 5.41) is 10.4. The lowest BCUT2D eigenvalue weighted by Gasteiger charge is -2.07. The molecule has 108 valence electrons. The van der Waals surface area contributed by atoms with E-state index in [2.05, 4.69) is 84.9 Å². The third kappa shape index (κ3) is 2.30. The summed E-state index contributed by atoms with van der Waals surface area (Å²) in [6.07, 6.45) is 0. The molecule has 0 saturated carbocycles. The van der Waals surface area contributed by atoms with Crippen molar-refractivity contribution >= 4 is 60.5 Å². The number of hydrogen-bond donors (Lipinski definition) is 0. The van der Waals surface area contributed by atoms with Crippen LogP contribution in [-0.4, -0.2) is 17.4 Å². The Labute approximate surface area is 145 Å². The van der Waals surface area contributed by atoms with Gasteiger partial charge in [-0.3, -0.25) is 0 Å². The molecule has 0 saturated heterocycles. The Morgan fingerprint density at radius 2 is 0.522 bits per heavy atom. The van der Waals surface area contributed by atoms with Crippen LogP contribution in [0.5, 0.6) is 0 Å². The molecule has 0 unspecified atom stereocenters. The van der Waals surface area contributed by atoms with Gasteiger partial charge in [0.1, 0.15) is 0 Å². The second-order valence-electron chi connectivity index (χ2n) is 5.95. The molecule has 5 aromatic carbocycles. The van der Waals surface area contributed by atoms with Crippen LogP contribution in [0.3, 0.4) is 0 Å². The molecule has 5 aromatic rings. The maximum absolute atomic E-state index is 2.31. The first-order chi connectivity index (χ1) is 10.9. The number of benzene rings is 5. The van der Waals surface area contributed by atoms with E-state index in [1.54, 1.807) is 0 Å². The monoisotopic (exact) mass is 308 g/mol. The molecular weight excluding hydrogens is 291 g/mol. The Kier molecular flexibility index (Phi) is 3.35. The van der Waals surface area contributed by atoms with Crippen LogP contribution in [0.4, 0.5) is 0 Å². The van der Waals surface area contributed by atoms with Gasteiger partial charge >= 0.3 is 0 Å². The Bertz CT molecular complexity index is 988. The summed E-state index contributed by atoms with van der Waals surface area (Å²) in [5.41, 5.74) is 0. The molecule has 0 spiro atoms. The fraction of sp³-hybridized carbons (Fsp3) is 0. The predicted octanol–water partition coefficient (Wildman–Crippen LogP) is 5.12. The van der Waals surface area contributed by atoms with Crippen LogP contribution in [0.1, 0.15) is 0 Å². The van der Waals surface area contributed by atoms with Crippen LogP contribution in [0.15, 0.2) is 84.9 Å². The lowest BCUT2D eigenvalue weighted by Crippen LogP contribution is -1.80. The summed E-state index contributed by atoms with van der Waals surface area (Å²) >= 11 is 0. The zero-order valence-electron chi connectivity index (χ0n) is 12.1. The van der Waals surface area contributed by atoms with Gasteiger partial charge < -0.3 is 0 Å². The molecule has 0 heterocycles. The Balaban J connectivity index is 0.00000135. The van der Waals surface area contributed by atoms with Gasteiger partial charge in [-0.25, -0.2) is 0 Å². The topological polar surface area (TPSA) is 0 Å². The van der Waals surface area contributed by atoms with Crippen molar-refractivity contribution in [2.45, 2.75) is 0 Å². The molecule has 23 heavy (non-hydrogen) atoms. The van der Waals surface area contributed by atoms with E-state index in [4.69, 9.17) is 0 Å². The number of hydrogen-bond acceptors (Lipinski definition) is 0.